The van der Waals surface area contributed by atoms with Crippen LogP contribution < -0.4 is 14.2 Å². The highest BCUT2D eigenvalue weighted by Gasteiger charge is 2.17. The van der Waals surface area contributed by atoms with E-state index >= 15 is 0 Å². The zero-order chi connectivity index (χ0) is 28.4. The summed E-state index contributed by atoms with van der Waals surface area (Å²) in [6.07, 6.45) is 4.50. The van der Waals surface area contributed by atoms with Crippen molar-refractivity contribution in [2.75, 3.05) is 28.4 Å². The van der Waals surface area contributed by atoms with Gasteiger partial charge in [-0.05, 0) is 37.6 Å². The summed E-state index contributed by atoms with van der Waals surface area (Å²) in [5.74, 6) is 2.40. The lowest BCUT2D eigenvalue weighted by Crippen LogP contribution is -2.04. The summed E-state index contributed by atoms with van der Waals surface area (Å²) in [5, 5.41) is 12.4. The fourth-order valence-electron chi connectivity index (χ4n) is 3.86. The van der Waals surface area contributed by atoms with Crippen molar-refractivity contribution in [1.29, 1.82) is 0 Å². The molecule has 0 radical (unpaired) electrons. The molecule has 0 atom stereocenters. The van der Waals surface area contributed by atoms with Crippen molar-refractivity contribution < 1.29 is 24.1 Å². The topological polar surface area (TPSA) is 109 Å². The number of aromatic nitrogens is 4. The van der Waals surface area contributed by atoms with Gasteiger partial charge < -0.3 is 24.1 Å². The van der Waals surface area contributed by atoms with Gasteiger partial charge in [-0.1, -0.05) is 42.0 Å². The predicted octanol–water partition coefficient (Wildman–Crippen LogP) is 5.30. The normalized spacial score (nSPS) is 10.0. The molecule has 2 aromatic heterocycles. The maximum Gasteiger partial charge on any atom is 0.251 e. The summed E-state index contributed by atoms with van der Waals surface area (Å²) in [6.45, 7) is 3.51. The van der Waals surface area contributed by atoms with Crippen LogP contribution in [0.1, 0.15) is 12.5 Å². The van der Waals surface area contributed by atoms with Gasteiger partial charge in [-0.25, -0.2) is 14.6 Å². The molecule has 0 amide bonds. The number of aliphatic hydroxyl groups excluding tert-OH is 1. The molecule has 202 valence electrons. The van der Waals surface area contributed by atoms with Crippen LogP contribution in [-0.2, 0) is 4.79 Å². The molecule has 0 aliphatic rings. The van der Waals surface area contributed by atoms with Crippen LogP contribution >= 0.6 is 0 Å². The highest BCUT2D eigenvalue weighted by molar-refractivity contribution is 5.95. The number of benzene rings is 3. The van der Waals surface area contributed by atoms with Gasteiger partial charge in [0.15, 0.2) is 11.5 Å². The maximum atomic E-state index is 8.81. The first kappa shape index (κ1) is 28.8. The fourth-order valence-corrected chi connectivity index (χ4v) is 3.86. The number of methoxy groups -OCH3 is 3. The number of ether oxygens (including phenoxy) is 3. The Bertz CT molecular complexity index is 1530. The third-order valence-electron chi connectivity index (χ3n) is 5.70. The Morgan fingerprint density at radius 2 is 1.49 bits per heavy atom. The monoisotopic (exact) mass is 528 g/mol. The summed E-state index contributed by atoms with van der Waals surface area (Å²) in [4.78, 5) is 18.5. The fraction of sp³-hybridized carbons (Fsp3) is 0.200. The molecular formula is C30H32N4O5. The lowest BCUT2D eigenvalue weighted by atomic mass is 10.1. The second kappa shape index (κ2) is 13.7. The molecule has 0 fully saturated rings. The van der Waals surface area contributed by atoms with Gasteiger partial charge in [-0.15, -0.1) is 0 Å². The molecule has 5 rings (SSSR count). The number of aldehydes is 1. The van der Waals surface area contributed by atoms with Crippen LogP contribution in [0.15, 0.2) is 73.1 Å². The lowest BCUT2D eigenvalue weighted by Gasteiger charge is -2.13. The average molecular weight is 529 g/mol. The van der Waals surface area contributed by atoms with E-state index < -0.39 is 0 Å². The Balaban J connectivity index is 0.000000787. The highest BCUT2D eigenvalue weighted by atomic mass is 16.5. The SMILES string of the molecule is CC=O.CO.COc1cccc(-c2nc(-n3cc(-c4ccc(C)cc4)cn3)nc3cc(OC)c(OC)cc23)c1. The van der Waals surface area contributed by atoms with Crippen LogP contribution in [-0.4, -0.2) is 59.6 Å². The molecule has 9 heteroatoms. The third kappa shape index (κ3) is 6.58. The van der Waals surface area contributed by atoms with Gasteiger partial charge in [-0.2, -0.15) is 5.10 Å². The molecule has 9 nitrogen and oxygen atoms in total. The van der Waals surface area contributed by atoms with E-state index in [9.17, 15) is 0 Å². The minimum Gasteiger partial charge on any atom is -0.497 e. The van der Waals surface area contributed by atoms with E-state index in [0.717, 1.165) is 46.9 Å². The quantitative estimate of drug-likeness (QED) is 0.296. The van der Waals surface area contributed by atoms with Crippen molar-refractivity contribution in [2.45, 2.75) is 13.8 Å². The maximum absolute atomic E-state index is 8.81. The molecule has 0 spiro atoms. The van der Waals surface area contributed by atoms with E-state index in [1.54, 1.807) is 26.0 Å². The number of fused-ring (bicyclic) bond motifs is 1. The Kier molecular flexibility index (Phi) is 10.1. The van der Waals surface area contributed by atoms with E-state index in [4.69, 9.17) is 34.1 Å². The number of carbonyl (C=O) groups excluding carboxylic acids is 1. The second-order valence-electron chi connectivity index (χ2n) is 8.10. The second-order valence-corrected chi connectivity index (χ2v) is 8.10. The zero-order valence-electron chi connectivity index (χ0n) is 22.9. The number of aryl methyl sites for hydroxylation is 1. The number of aliphatic hydroxyl groups is 1. The van der Waals surface area contributed by atoms with Crippen molar-refractivity contribution in [2.24, 2.45) is 0 Å². The predicted molar refractivity (Wildman–Crippen MR) is 152 cm³/mol. The van der Waals surface area contributed by atoms with E-state index in [0.29, 0.717) is 23.0 Å². The number of carbonyl (C=O) groups is 1. The Hall–Kier alpha value is -4.76. The standard InChI is InChI=1S/C27H24N4O3.C2H4O.CH4O/c1-17-8-10-18(11-9-17)20-15-28-31(16-20)27-29-23-14-25(34-4)24(33-3)13-22(23)26(30-27)19-6-5-7-21(12-19)32-2;1-2-3;1-2/h5-16H,1-4H3;2H,1H3;2H,1H3. The largest absolute Gasteiger partial charge is 0.497 e. The minimum absolute atomic E-state index is 0.455. The van der Waals surface area contributed by atoms with Crippen molar-refractivity contribution in [1.82, 2.24) is 19.7 Å². The molecule has 2 heterocycles. The number of hydrogen-bond donors (Lipinski definition) is 1. The summed E-state index contributed by atoms with van der Waals surface area (Å²) in [7, 11) is 5.86. The first-order valence-electron chi connectivity index (χ1n) is 12.1. The van der Waals surface area contributed by atoms with Crippen LogP contribution in [0.25, 0.3) is 39.2 Å². The van der Waals surface area contributed by atoms with Crippen molar-refractivity contribution in [3.05, 3.63) is 78.6 Å². The summed E-state index contributed by atoms with van der Waals surface area (Å²) < 4.78 is 18.2. The molecule has 0 unspecified atom stereocenters. The van der Waals surface area contributed by atoms with Crippen molar-refractivity contribution >= 4 is 17.2 Å². The van der Waals surface area contributed by atoms with E-state index in [2.05, 4.69) is 36.3 Å². The zero-order valence-corrected chi connectivity index (χ0v) is 22.9. The first-order valence-corrected chi connectivity index (χ1v) is 12.1. The Morgan fingerprint density at radius 1 is 0.821 bits per heavy atom. The molecular weight excluding hydrogens is 496 g/mol. The molecule has 0 bridgehead atoms. The van der Waals surface area contributed by atoms with Gasteiger partial charge in [0.1, 0.15) is 12.0 Å². The van der Waals surface area contributed by atoms with Gasteiger partial charge in [0.05, 0.1) is 38.7 Å². The van der Waals surface area contributed by atoms with Crippen LogP contribution in [0, 0.1) is 6.92 Å². The molecule has 0 aliphatic heterocycles. The van der Waals surface area contributed by atoms with Gasteiger partial charge >= 0.3 is 0 Å². The summed E-state index contributed by atoms with van der Waals surface area (Å²) >= 11 is 0. The molecule has 0 saturated heterocycles. The highest BCUT2D eigenvalue weighted by Crippen LogP contribution is 2.36. The van der Waals surface area contributed by atoms with E-state index in [1.807, 2.05) is 48.8 Å². The van der Waals surface area contributed by atoms with Gasteiger partial charge in [0, 0.05) is 35.9 Å². The average Bonchev–Trinajstić information content (AvgIpc) is 3.48. The Morgan fingerprint density at radius 3 is 2.13 bits per heavy atom. The smallest absolute Gasteiger partial charge is 0.251 e. The van der Waals surface area contributed by atoms with Gasteiger partial charge in [0.25, 0.3) is 5.95 Å². The third-order valence-corrected chi connectivity index (χ3v) is 5.70. The van der Waals surface area contributed by atoms with E-state index in [-0.39, 0.29) is 0 Å². The summed E-state index contributed by atoms with van der Waals surface area (Å²) in [5.41, 5.74) is 5.63. The Labute approximate surface area is 227 Å². The van der Waals surface area contributed by atoms with Crippen molar-refractivity contribution in [3.63, 3.8) is 0 Å². The van der Waals surface area contributed by atoms with Crippen LogP contribution in [0.2, 0.25) is 0 Å². The lowest BCUT2D eigenvalue weighted by molar-refractivity contribution is -0.106. The number of nitrogens with zero attached hydrogens (tertiary/aromatic N) is 4. The molecule has 5 aromatic rings. The molecule has 0 aliphatic carbocycles. The van der Waals surface area contributed by atoms with E-state index in [1.165, 1.54) is 12.5 Å². The summed E-state index contributed by atoms with van der Waals surface area (Å²) in [6, 6.07) is 19.9. The minimum atomic E-state index is 0.455. The number of hydrogen-bond acceptors (Lipinski definition) is 8. The number of rotatable bonds is 6. The molecule has 3 aromatic carbocycles. The van der Waals surface area contributed by atoms with Gasteiger partial charge in [0.2, 0.25) is 0 Å². The molecule has 39 heavy (non-hydrogen) atoms. The molecule has 1 N–H and O–H groups in total. The first-order chi connectivity index (χ1) is 19.0. The van der Waals surface area contributed by atoms with Crippen LogP contribution in [0.4, 0.5) is 0 Å². The molecule has 0 saturated carbocycles. The van der Waals surface area contributed by atoms with Gasteiger partial charge in [-0.3, -0.25) is 0 Å². The van der Waals surface area contributed by atoms with Crippen molar-refractivity contribution in [3.8, 4) is 45.6 Å². The van der Waals surface area contributed by atoms with Crippen LogP contribution in [0.3, 0.4) is 0 Å². The van der Waals surface area contributed by atoms with Crippen LogP contribution in [0.5, 0.6) is 17.2 Å².